The Labute approximate surface area is 240 Å². The Bertz CT molecular complexity index is 1760. The number of benzene rings is 3. The summed E-state index contributed by atoms with van der Waals surface area (Å²) < 4.78 is 6.82. The van der Waals surface area contributed by atoms with E-state index in [2.05, 4.69) is 11.4 Å². The molecule has 4 rings (SSSR count). The number of pyridine rings is 1. The van der Waals surface area contributed by atoms with Crippen LogP contribution in [0.5, 0.6) is 5.75 Å². The molecule has 0 saturated carbocycles. The second-order valence-electron chi connectivity index (χ2n) is 9.15. The lowest BCUT2D eigenvalue weighted by Gasteiger charge is -2.22. The quantitative estimate of drug-likeness (QED) is 0.258. The van der Waals surface area contributed by atoms with E-state index in [4.69, 9.17) is 21.4 Å². The zero-order valence-corrected chi connectivity index (χ0v) is 22.8. The summed E-state index contributed by atoms with van der Waals surface area (Å²) in [5.41, 5.74) is 1.94. The number of nitrogens with one attached hydrogen (secondary N) is 1. The van der Waals surface area contributed by atoms with E-state index in [0.717, 1.165) is 0 Å². The molecule has 41 heavy (non-hydrogen) atoms. The minimum Gasteiger partial charge on any atom is -0.495 e. The third kappa shape index (κ3) is 6.52. The van der Waals surface area contributed by atoms with Crippen LogP contribution in [-0.2, 0) is 11.2 Å². The molecule has 0 unspecified atom stereocenters. The molecule has 0 aliphatic rings. The lowest BCUT2D eigenvalue weighted by Crippen LogP contribution is -2.34. The number of ketones is 1. The highest BCUT2D eigenvalue weighted by atomic mass is 35.5. The van der Waals surface area contributed by atoms with E-state index >= 15 is 0 Å². The monoisotopic (exact) mass is 569 g/mol. The maximum atomic E-state index is 13.6. The Morgan fingerprint density at radius 3 is 2.41 bits per heavy atom. The van der Waals surface area contributed by atoms with Gasteiger partial charge in [-0.1, -0.05) is 23.7 Å². The number of ether oxygens (including phenoxy) is 1. The molecule has 1 atom stereocenters. The summed E-state index contributed by atoms with van der Waals surface area (Å²) in [5.74, 6) is -1.67. The molecule has 206 valence electrons. The Morgan fingerprint density at radius 1 is 1.05 bits per heavy atom. The van der Waals surface area contributed by atoms with Crippen molar-refractivity contribution in [2.45, 2.75) is 19.4 Å². The zero-order chi connectivity index (χ0) is 29.7. The maximum Gasteiger partial charge on any atom is 0.335 e. The first-order chi connectivity index (χ1) is 19.6. The fraction of sp³-hybridized carbons (Fsp3) is 0.129. The fourth-order valence-electron chi connectivity index (χ4n) is 4.42. The average Bonchev–Trinajstić information content (AvgIpc) is 2.96. The molecule has 9 nitrogen and oxygen atoms in total. The number of Topliss-reactive ketones (excluding diaryl/α,β-unsaturated/α-hetero) is 1. The van der Waals surface area contributed by atoms with Gasteiger partial charge in [0.1, 0.15) is 11.8 Å². The number of anilines is 1. The lowest BCUT2D eigenvalue weighted by molar-refractivity contribution is -0.119. The van der Waals surface area contributed by atoms with Crippen molar-refractivity contribution >= 4 is 34.9 Å². The summed E-state index contributed by atoms with van der Waals surface area (Å²) >= 11 is 6.21. The van der Waals surface area contributed by atoms with Crippen LogP contribution in [0.1, 0.15) is 44.8 Å². The van der Waals surface area contributed by atoms with E-state index < -0.39 is 23.5 Å². The Kier molecular flexibility index (Phi) is 8.66. The number of carboxylic acid groups (broad SMARTS) is 1. The summed E-state index contributed by atoms with van der Waals surface area (Å²) in [6, 6.07) is 19.2. The first kappa shape index (κ1) is 28.8. The third-order valence-corrected chi connectivity index (χ3v) is 6.67. The lowest BCUT2D eigenvalue weighted by atomic mass is 9.97. The van der Waals surface area contributed by atoms with Gasteiger partial charge in [-0.2, -0.15) is 5.26 Å². The van der Waals surface area contributed by atoms with Crippen LogP contribution in [0.2, 0.25) is 5.02 Å². The van der Waals surface area contributed by atoms with Gasteiger partial charge in [-0.05, 0) is 72.6 Å². The predicted molar refractivity (Wildman–Crippen MR) is 154 cm³/mol. The van der Waals surface area contributed by atoms with E-state index in [1.54, 1.807) is 42.5 Å². The standard InChI is InChI=1S/C31H24ClN3O6/c1-18(36)24-11-8-22(32)14-25(24)26-15-29(37)35(17-28(26)41-2)27(13-19-4-3-5-20(12-19)16-33)30(38)34-23-9-6-21(7-10-23)31(39)40/h3-12,14-15,17,27H,13H2,1-2H3,(H,34,38)(H,39,40)/t27-/m0/s1. The number of methoxy groups -OCH3 is 1. The molecule has 3 aromatic carbocycles. The van der Waals surface area contributed by atoms with Crippen molar-refractivity contribution in [1.29, 1.82) is 5.26 Å². The molecular formula is C31H24ClN3O6. The molecule has 1 aromatic heterocycles. The predicted octanol–water partition coefficient (Wildman–Crippen LogP) is 5.37. The Balaban J connectivity index is 1.82. The smallest absolute Gasteiger partial charge is 0.335 e. The van der Waals surface area contributed by atoms with Crippen LogP contribution in [0.15, 0.2) is 83.8 Å². The van der Waals surface area contributed by atoms with Gasteiger partial charge in [0.2, 0.25) is 5.91 Å². The number of rotatable bonds is 9. The SMILES string of the molecule is COc1cn([C@@H](Cc2cccc(C#N)c2)C(=O)Nc2ccc(C(=O)O)cc2)c(=O)cc1-c1cc(Cl)ccc1C(C)=O. The maximum absolute atomic E-state index is 13.6. The number of amides is 1. The van der Waals surface area contributed by atoms with Crippen LogP contribution in [-0.4, -0.2) is 34.4 Å². The second kappa shape index (κ2) is 12.3. The number of hydrogen-bond acceptors (Lipinski definition) is 6. The molecule has 4 aromatic rings. The normalized spacial score (nSPS) is 11.3. The minimum absolute atomic E-state index is 0.0484. The second-order valence-corrected chi connectivity index (χ2v) is 9.59. The van der Waals surface area contributed by atoms with Crippen LogP contribution < -0.4 is 15.6 Å². The van der Waals surface area contributed by atoms with Crippen LogP contribution in [0, 0.1) is 11.3 Å². The summed E-state index contributed by atoms with van der Waals surface area (Å²) in [4.78, 5) is 50.7. The fourth-order valence-corrected chi connectivity index (χ4v) is 4.59. The van der Waals surface area contributed by atoms with Crippen LogP contribution in [0.3, 0.4) is 0 Å². The van der Waals surface area contributed by atoms with Gasteiger partial charge in [0, 0.05) is 34.3 Å². The average molecular weight is 570 g/mol. The van der Waals surface area contributed by atoms with Gasteiger partial charge in [0.25, 0.3) is 5.56 Å². The van der Waals surface area contributed by atoms with E-state index in [1.165, 1.54) is 55.1 Å². The topological polar surface area (TPSA) is 138 Å². The largest absolute Gasteiger partial charge is 0.495 e. The molecule has 0 saturated heterocycles. The van der Waals surface area contributed by atoms with Crippen molar-refractivity contribution in [3.8, 4) is 22.9 Å². The molecule has 0 aliphatic carbocycles. The van der Waals surface area contributed by atoms with Crippen molar-refractivity contribution in [1.82, 2.24) is 4.57 Å². The summed E-state index contributed by atoms with van der Waals surface area (Å²) in [7, 11) is 1.40. The van der Waals surface area contributed by atoms with Crippen LogP contribution in [0.25, 0.3) is 11.1 Å². The van der Waals surface area contributed by atoms with Crippen molar-refractivity contribution < 1.29 is 24.2 Å². The highest BCUT2D eigenvalue weighted by Crippen LogP contribution is 2.34. The molecule has 1 amide bonds. The van der Waals surface area contributed by atoms with Crippen molar-refractivity contribution in [3.63, 3.8) is 0 Å². The van der Waals surface area contributed by atoms with Gasteiger partial charge < -0.3 is 15.2 Å². The molecule has 2 N–H and O–H groups in total. The number of carboxylic acids is 1. The van der Waals surface area contributed by atoms with E-state index in [-0.39, 0.29) is 23.5 Å². The summed E-state index contributed by atoms with van der Waals surface area (Å²) in [6.07, 6.45) is 1.45. The molecule has 0 radical (unpaired) electrons. The van der Waals surface area contributed by atoms with Crippen molar-refractivity contribution in [2.75, 3.05) is 12.4 Å². The molecular weight excluding hydrogens is 546 g/mol. The highest BCUT2D eigenvalue weighted by molar-refractivity contribution is 6.31. The third-order valence-electron chi connectivity index (χ3n) is 6.44. The summed E-state index contributed by atoms with van der Waals surface area (Å²) in [6.45, 7) is 1.40. The first-order valence-corrected chi connectivity index (χ1v) is 12.7. The minimum atomic E-state index is -1.11. The first-order valence-electron chi connectivity index (χ1n) is 12.4. The van der Waals surface area contributed by atoms with Gasteiger partial charge in [0.15, 0.2) is 5.78 Å². The molecule has 0 fully saturated rings. The molecule has 0 bridgehead atoms. The van der Waals surface area contributed by atoms with Gasteiger partial charge in [-0.3, -0.25) is 19.0 Å². The summed E-state index contributed by atoms with van der Waals surface area (Å²) in [5, 5.41) is 21.6. The number of nitriles is 1. The molecule has 0 aliphatic heterocycles. The van der Waals surface area contributed by atoms with E-state index in [9.17, 15) is 24.4 Å². The van der Waals surface area contributed by atoms with Crippen LogP contribution >= 0.6 is 11.6 Å². The number of nitrogens with zero attached hydrogens (tertiary/aromatic N) is 2. The van der Waals surface area contributed by atoms with Crippen molar-refractivity contribution in [3.05, 3.63) is 117 Å². The van der Waals surface area contributed by atoms with E-state index in [1.807, 2.05) is 0 Å². The van der Waals surface area contributed by atoms with Gasteiger partial charge in [-0.25, -0.2) is 4.79 Å². The Hall–Kier alpha value is -5.20. The van der Waals surface area contributed by atoms with E-state index in [0.29, 0.717) is 38.5 Å². The molecule has 10 heteroatoms. The number of aromatic carboxylic acids is 1. The van der Waals surface area contributed by atoms with Crippen molar-refractivity contribution in [2.24, 2.45) is 0 Å². The number of carbonyl (C=O) groups excluding carboxylic acids is 2. The van der Waals surface area contributed by atoms with Crippen LogP contribution in [0.4, 0.5) is 5.69 Å². The zero-order valence-electron chi connectivity index (χ0n) is 22.1. The van der Waals surface area contributed by atoms with Gasteiger partial charge in [0.05, 0.1) is 30.5 Å². The number of hydrogen-bond donors (Lipinski definition) is 2. The number of halogens is 1. The molecule has 0 spiro atoms. The Morgan fingerprint density at radius 2 is 1.78 bits per heavy atom. The van der Waals surface area contributed by atoms with Gasteiger partial charge >= 0.3 is 5.97 Å². The molecule has 1 heterocycles. The number of carbonyl (C=O) groups is 3. The number of aromatic nitrogens is 1. The highest BCUT2D eigenvalue weighted by Gasteiger charge is 2.25. The van der Waals surface area contributed by atoms with Gasteiger partial charge in [-0.15, -0.1) is 0 Å².